The highest BCUT2D eigenvalue weighted by Crippen LogP contribution is 2.25. The number of aliphatic hydroxyl groups is 1. The molecule has 0 saturated heterocycles. The highest BCUT2D eigenvalue weighted by Gasteiger charge is 2.13. The lowest BCUT2D eigenvalue weighted by Gasteiger charge is -1.99. The maximum Gasteiger partial charge on any atom is 0.107 e. The fourth-order valence-electron chi connectivity index (χ4n) is 1.52. The molecule has 0 atom stereocenters. The Morgan fingerprint density at radius 1 is 1.50 bits per heavy atom. The zero-order valence-electron chi connectivity index (χ0n) is 8.89. The largest absolute Gasteiger partial charge is 0.394 e. The van der Waals surface area contributed by atoms with E-state index in [1.807, 2.05) is 23.7 Å². The monoisotopic (exact) mass is 329 g/mol. The Kier molecular flexibility index (Phi) is 3.55. The molecule has 0 radical (unpaired) electrons. The van der Waals surface area contributed by atoms with Crippen LogP contribution in [0.5, 0.6) is 0 Å². The van der Waals surface area contributed by atoms with Crippen molar-refractivity contribution in [2.75, 3.05) is 6.61 Å². The van der Waals surface area contributed by atoms with Crippen LogP contribution in [0.1, 0.15) is 5.69 Å². The average molecular weight is 329 g/mol. The van der Waals surface area contributed by atoms with E-state index in [1.54, 1.807) is 12.4 Å². The standard InChI is InChI=1S/C11H12IN3O/c1-8-10(12)11(14-15(8)5-6-16)9-3-2-4-13-7-9/h2-4,7,16H,5-6H2,1H3. The fraction of sp³-hybridized carbons (Fsp3) is 0.273. The Hall–Kier alpha value is -0.950. The van der Waals surface area contributed by atoms with Crippen molar-refractivity contribution in [2.24, 2.45) is 0 Å². The van der Waals surface area contributed by atoms with Gasteiger partial charge in [0.15, 0.2) is 0 Å². The summed E-state index contributed by atoms with van der Waals surface area (Å²) in [5, 5.41) is 13.4. The van der Waals surface area contributed by atoms with Gasteiger partial charge in [-0.2, -0.15) is 5.10 Å². The van der Waals surface area contributed by atoms with Gasteiger partial charge >= 0.3 is 0 Å². The molecule has 4 nitrogen and oxygen atoms in total. The van der Waals surface area contributed by atoms with Crippen molar-refractivity contribution in [3.05, 3.63) is 33.8 Å². The second-order valence-electron chi connectivity index (χ2n) is 3.44. The third-order valence-electron chi connectivity index (χ3n) is 2.38. The van der Waals surface area contributed by atoms with Crippen LogP contribution in [-0.4, -0.2) is 26.5 Å². The summed E-state index contributed by atoms with van der Waals surface area (Å²) >= 11 is 2.28. The molecule has 16 heavy (non-hydrogen) atoms. The second kappa shape index (κ2) is 4.92. The van der Waals surface area contributed by atoms with Crippen molar-refractivity contribution in [3.8, 4) is 11.3 Å². The zero-order chi connectivity index (χ0) is 11.5. The van der Waals surface area contributed by atoms with Crippen molar-refractivity contribution >= 4 is 22.6 Å². The van der Waals surface area contributed by atoms with Crippen LogP contribution in [0.4, 0.5) is 0 Å². The predicted octanol–water partition coefficient (Wildman–Crippen LogP) is 1.85. The summed E-state index contributed by atoms with van der Waals surface area (Å²) in [7, 11) is 0. The molecular formula is C11H12IN3O. The van der Waals surface area contributed by atoms with Crippen molar-refractivity contribution < 1.29 is 5.11 Å². The first-order chi connectivity index (χ1) is 7.74. The molecule has 0 bridgehead atoms. The van der Waals surface area contributed by atoms with Gasteiger partial charge in [-0.3, -0.25) is 9.67 Å². The normalized spacial score (nSPS) is 10.7. The lowest BCUT2D eigenvalue weighted by molar-refractivity contribution is 0.268. The molecule has 2 heterocycles. The first kappa shape index (κ1) is 11.5. The highest BCUT2D eigenvalue weighted by atomic mass is 127. The Morgan fingerprint density at radius 3 is 2.94 bits per heavy atom. The molecule has 84 valence electrons. The number of halogens is 1. The molecule has 2 aromatic rings. The predicted molar refractivity (Wildman–Crippen MR) is 70.0 cm³/mol. The van der Waals surface area contributed by atoms with Crippen LogP contribution in [-0.2, 0) is 6.54 Å². The van der Waals surface area contributed by atoms with E-state index < -0.39 is 0 Å². The summed E-state index contributed by atoms with van der Waals surface area (Å²) in [5.74, 6) is 0. The van der Waals surface area contributed by atoms with E-state index in [9.17, 15) is 0 Å². The van der Waals surface area contributed by atoms with E-state index in [2.05, 4.69) is 32.7 Å². The van der Waals surface area contributed by atoms with Crippen LogP contribution in [0.25, 0.3) is 11.3 Å². The Morgan fingerprint density at radius 2 is 2.31 bits per heavy atom. The molecule has 0 aliphatic heterocycles. The molecule has 0 spiro atoms. The first-order valence-electron chi connectivity index (χ1n) is 4.98. The van der Waals surface area contributed by atoms with Crippen LogP contribution >= 0.6 is 22.6 Å². The molecule has 0 aliphatic rings. The van der Waals surface area contributed by atoms with Gasteiger partial charge < -0.3 is 5.11 Å². The first-order valence-corrected chi connectivity index (χ1v) is 6.06. The molecule has 0 aromatic carbocycles. The second-order valence-corrected chi connectivity index (χ2v) is 4.52. The smallest absolute Gasteiger partial charge is 0.107 e. The minimum Gasteiger partial charge on any atom is -0.394 e. The molecule has 1 N–H and O–H groups in total. The van der Waals surface area contributed by atoms with Gasteiger partial charge in [0.2, 0.25) is 0 Å². The number of aromatic nitrogens is 3. The van der Waals surface area contributed by atoms with Crippen LogP contribution in [0.2, 0.25) is 0 Å². The number of hydrogen-bond acceptors (Lipinski definition) is 3. The summed E-state index contributed by atoms with van der Waals surface area (Å²) in [6.07, 6.45) is 3.54. The van der Waals surface area contributed by atoms with Crippen LogP contribution in [0.15, 0.2) is 24.5 Å². The topological polar surface area (TPSA) is 50.9 Å². The number of nitrogens with zero attached hydrogens (tertiary/aromatic N) is 3. The SMILES string of the molecule is Cc1c(I)c(-c2cccnc2)nn1CCO. The minimum atomic E-state index is 0.102. The van der Waals surface area contributed by atoms with Crippen LogP contribution in [0, 0.1) is 10.5 Å². The molecule has 0 fully saturated rings. The average Bonchev–Trinajstić information content (AvgIpc) is 2.59. The summed E-state index contributed by atoms with van der Waals surface area (Å²) in [4.78, 5) is 4.09. The van der Waals surface area contributed by atoms with Crippen LogP contribution in [0.3, 0.4) is 0 Å². The van der Waals surface area contributed by atoms with Gasteiger partial charge in [0, 0.05) is 23.7 Å². The van der Waals surface area contributed by atoms with Gasteiger partial charge in [0.05, 0.1) is 16.7 Å². The number of pyridine rings is 1. The van der Waals surface area contributed by atoms with E-state index in [4.69, 9.17) is 5.11 Å². The molecule has 0 saturated carbocycles. The lowest BCUT2D eigenvalue weighted by Crippen LogP contribution is -2.05. The third kappa shape index (κ3) is 2.10. The Labute approximate surface area is 107 Å². The van der Waals surface area contributed by atoms with Crippen molar-refractivity contribution in [1.29, 1.82) is 0 Å². The van der Waals surface area contributed by atoms with Gasteiger partial charge in [-0.05, 0) is 41.6 Å². The maximum atomic E-state index is 8.94. The summed E-state index contributed by atoms with van der Waals surface area (Å²) < 4.78 is 2.93. The van der Waals surface area contributed by atoms with Gasteiger partial charge in [0.25, 0.3) is 0 Å². The van der Waals surface area contributed by atoms with Gasteiger partial charge in [0.1, 0.15) is 5.69 Å². The number of aliphatic hydroxyl groups excluding tert-OH is 1. The van der Waals surface area contributed by atoms with Crippen LogP contribution < -0.4 is 0 Å². The molecule has 0 unspecified atom stereocenters. The summed E-state index contributed by atoms with van der Waals surface area (Å²) in [5.41, 5.74) is 3.01. The Bertz CT molecular complexity index is 481. The molecule has 0 aliphatic carbocycles. The minimum absolute atomic E-state index is 0.102. The molecular weight excluding hydrogens is 317 g/mol. The van der Waals surface area contributed by atoms with E-state index in [-0.39, 0.29) is 6.61 Å². The fourth-order valence-corrected chi connectivity index (χ4v) is 2.22. The number of hydrogen-bond donors (Lipinski definition) is 1. The third-order valence-corrected chi connectivity index (χ3v) is 3.67. The van der Waals surface area contributed by atoms with Crippen molar-refractivity contribution in [3.63, 3.8) is 0 Å². The molecule has 2 rings (SSSR count). The van der Waals surface area contributed by atoms with Gasteiger partial charge in [-0.25, -0.2) is 0 Å². The maximum absolute atomic E-state index is 8.94. The quantitative estimate of drug-likeness (QED) is 0.875. The molecule has 2 aromatic heterocycles. The highest BCUT2D eigenvalue weighted by molar-refractivity contribution is 14.1. The van der Waals surface area contributed by atoms with Crippen molar-refractivity contribution in [1.82, 2.24) is 14.8 Å². The van der Waals surface area contributed by atoms with Gasteiger partial charge in [-0.15, -0.1) is 0 Å². The number of rotatable bonds is 3. The molecule has 0 amide bonds. The zero-order valence-corrected chi connectivity index (χ0v) is 11.0. The van der Waals surface area contributed by atoms with Crippen molar-refractivity contribution in [2.45, 2.75) is 13.5 Å². The van der Waals surface area contributed by atoms with E-state index in [0.717, 1.165) is 20.5 Å². The van der Waals surface area contributed by atoms with E-state index in [1.165, 1.54) is 0 Å². The lowest BCUT2D eigenvalue weighted by atomic mass is 10.2. The molecule has 5 heteroatoms. The van der Waals surface area contributed by atoms with E-state index >= 15 is 0 Å². The Balaban J connectivity index is 2.46. The summed E-state index contributed by atoms with van der Waals surface area (Å²) in [6, 6.07) is 3.88. The van der Waals surface area contributed by atoms with E-state index in [0.29, 0.717) is 6.54 Å². The summed E-state index contributed by atoms with van der Waals surface area (Å²) in [6.45, 7) is 2.64. The van der Waals surface area contributed by atoms with Gasteiger partial charge in [-0.1, -0.05) is 0 Å².